The van der Waals surface area contributed by atoms with E-state index in [4.69, 9.17) is 10.5 Å². The quantitative estimate of drug-likeness (QED) is 0.506. The van der Waals surface area contributed by atoms with Gasteiger partial charge in [-0.25, -0.2) is 8.42 Å². The number of carbonyl (C=O) groups excluding carboxylic acids is 1. The van der Waals surface area contributed by atoms with E-state index < -0.39 is 20.6 Å². The summed E-state index contributed by atoms with van der Waals surface area (Å²) in [6.45, 7) is 0.772. The molecule has 0 aromatic heterocycles. The lowest BCUT2D eigenvalue weighted by Crippen LogP contribution is -2.51. The van der Waals surface area contributed by atoms with Gasteiger partial charge in [0, 0.05) is 45.9 Å². The molecule has 1 fully saturated rings. The van der Waals surface area contributed by atoms with Crippen molar-refractivity contribution in [1.82, 2.24) is 9.21 Å². The van der Waals surface area contributed by atoms with Crippen molar-refractivity contribution in [2.45, 2.75) is 17.4 Å². The number of nitro benzene ring substituents is 1. The van der Waals surface area contributed by atoms with E-state index in [-0.39, 0.29) is 56.1 Å². The van der Waals surface area contributed by atoms with Crippen LogP contribution < -0.4 is 5.73 Å². The molecule has 0 aliphatic carbocycles. The number of nitro groups is 1. The summed E-state index contributed by atoms with van der Waals surface area (Å²) in [4.78, 5) is 23.8. The van der Waals surface area contributed by atoms with Gasteiger partial charge in [-0.2, -0.15) is 4.31 Å². The van der Waals surface area contributed by atoms with Crippen molar-refractivity contribution < 1.29 is 22.9 Å². The monoisotopic (exact) mass is 386 g/mol. The smallest absolute Gasteiger partial charge is 0.289 e. The van der Waals surface area contributed by atoms with E-state index >= 15 is 0 Å². The van der Waals surface area contributed by atoms with Gasteiger partial charge in [0.25, 0.3) is 5.69 Å². The summed E-state index contributed by atoms with van der Waals surface area (Å²) in [5, 5.41) is 11.1. The number of hydrogen-bond acceptors (Lipinski definition) is 7. The standard InChI is InChI=1S/C15H22N4O6S/c1-25-12(11-16)10-15(20)17-6-8-18(9-7-17)26(23,24)14-5-3-2-4-13(14)19(21)22/h2-5,12H,6-11,16H2,1H3. The molecule has 11 heteroatoms. The Bertz CT molecular complexity index is 757. The maximum atomic E-state index is 12.7. The van der Waals surface area contributed by atoms with Gasteiger partial charge in [0.2, 0.25) is 15.9 Å². The summed E-state index contributed by atoms with van der Waals surface area (Å²) in [6, 6.07) is 5.23. The molecule has 0 radical (unpaired) electrons. The normalized spacial score (nSPS) is 17.1. The minimum absolute atomic E-state index is 0.0698. The fourth-order valence-electron chi connectivity index (χ4n) is 2.73. The summed E-state index contributed by atoms with van der Waals surface area (Å²) in [7, 11) is -2.54. The van der Waals surface area contributed by atoms with E-state index in [2.05, 4.69) is 0 Å². The Morgan fingerprint density at radius 1 is 1.31 bits per heavy atom. The van der Waals surface area contributed by atoms with Crippen LogP contribution >= 0.6 is 0 Å². The first kappa shape index (κ1) is 20.2. The molecule has 10 nitrogen and oxygen atoms in total. The van der Waals surface area contributed by atoms with Crippen LogP contribution in [0, 0.1) is 10.1 Å². The number of methoxy groups -OCH3 is 1. The van der Waals surface area contributed by atoms with E-state index in [0.29, 0.717) is 0 Å². The molecule has 1 aliphatic heterocycles. The van der Waals surface area contributed by atoms with Gasteiger partial charge in [-0.05, 0) is 6.07 Å². The van der Waals surface area contributed by atoms with E-state index in [1.165, 1.54) is 25.3 Å². The number of amides is 1. The third kappa shape index (κ3) is 4.36. The van der Waals surface area contributed by atoms with Crippen LogP contribution in [-0.2, 0) is 19.6 Å². The van der Waals surface area contributed by atoms with Gasteiger partial charge in [0.05, 0.1) is 17.4 Å². The molecule has 0 bridgehead atoms. The Morgan fingerprint density at radius 3 is 2.46 bits per heavy atom. The molecular formula is C15H22N4O6S. The number of hydrogen-bond donors (Lipinski definition) is 1. The number of rotatable bonds is 7. The molecule has 1 saturated heterocycles. The Balaban J connectivity index is 2.08. The Hall–Kier alpha value is -2.08. The second-order valence-electron chi connectivity index (χ2n) is 5.81. The topological polar surface area (TPSA) is 136 Å². The van der Waals surface area contributed by atoms with Crippen molar-refractivity contribution >= 4 is 21.6 Å². The molecule has 0 spiro atoms. The highest BCUT2D eigenvalue weighted by Crippen LogP contribution is 2.27. The van der Waals surface area contributed by atoms with Crippen LogP contribution in [0.25, 0.3) is 0 Å². The molecule has 0 saturated carbocycles. The average Bonchev–Trinajstić information content (AvgIpc) is 2.65. The first-order valence-electron chi connectivity index (χ1n) is 8.05. The minimum atomic E-state index is -4.01. The van der Waals surface area contributed by atoms with Crippen molar-refractivity contribution in [2.24, 2.45) is 5.73 Å². The summed E-state index contributed by atoms with van der Waals surface area (Å²) >= 11 is 0. The van der Waals surface area contributed by atoms with Crippen molar-refractivity contribution in [1.29, 1.82) is 0 Å². The number of carbonyl (C=O) groups is 1. The number of piperazine rings is 1. The van der Waals surface area contributed by atoms with E-state index in [0.717, 1.165) is 10.4 Å². The highest BCUT2D eigenvalue weighted by molar-refractivity contribution is 7.89. The van der Waals surface area contributed by atoms with Crippen molar-refractivity contribution in [3.63, 3.8) is 0 Å². The van der Waals surface area contributed by atoms with Crippen molar-refractivity contribution in [3.8, 4) is 0 Å². The molecule has 1 unspecified atom stereocenters. The predicted octanol–water partition coefficient (Wildman–Crippen LogP) is -0.208. The zero-order valence-corrected chi connectivity index (χ0v) is 15.2. The SMILES string of the molecule is COC(CN)CC(=O)N1CCN(S(=O)(=O)c2ccccc2[N+](=O)[O-])CC1. The zero-order valence-electron chi connectivity index (χ0n) is 14.4. The maximum absolute atomic E-state index is 12.7. The van der Waals surface area contributed by atoms with Gasteiger partial charge >= 0.3 is 0 Å². The highest BCUT2D eigenvalue weighted by atomic mass is 32.2. The average molecular weight is 386 g/mol. The summed E-state index contributed by atoms with van der Waals surface area (Å²) in [6.07, 6.45) is -0.250. The molecule has 144 valence electrons. The van der Waals surface area contributed by atoms with Crippen LogP contribution in [0.5, 0.6) is 0 Å². The molecule has 2 rings (SSSR count). The number of ether oxygens (including phenoxy) is 1. The van der Waals surface area contributed by atoms with Crippen LogP contribution in [0.4, 0.5) is 5.69 Å². The van der Waals surface area contributed by atoms with E-state index in [9.17, 15) is 23.3 Å². The predicted molar refractivity (Wildman–Crippen MR) is 92.9 cm³/mol. The molecule has 26 heavy (non-hydrogen) atoms. The number of benzene rings is 1. The largest absolute Gasteiger partial charge is 0.380 e. The molecule has 1 aromatic carbocycles. The lowest BCUT2D eigenvalue weighted by atomic mass is 10.2. The van der Waals surface area contributed by atoms with Crippen LogP contribution in [0.1, 0.15) is 6.42 Å². The highest BCUT2D eigenvalue weighted by Gasteiger charge is 2.34. The van der Waals surface area contributed by atoms with Gasteiger partial charge in [0.15, 0.2) is 4.90 Å². The van der Waals surface area contributed by atoms with Gasteiger partial charge in [-0.15, -0.1) is 0 Å². The minimum Gasteiger partial charge on any atom is -0.380 e. The zero-order chi connectivity index (χ0) is 19.3. The molecular weight excluding hydrogens is 364 g/mol. The third-order valence-corrected chi connectivity index (χ3v) is 6.22. The number of nitrogens with two attached hydrogens (primary N) is 1. The number of nitrogens with zero attached hydrogens (tertiary/aromatic N) is 3. The molecule has 1 amide bonds. The second kappa shape index (κ2) is 8.54. The van der Waals surface area contributed by atoms with Crippen molar-refractivity contribution in [2.75, 3.05) is 39.8 Å². The van der Waals surface area contributed by atoms with Crippen LogP contribution in [-0.4, -0.2) is 74.4 Å². The number of para-hydroxylation sites is 1. The molecule has 2 N–H and O–H groups in total. The maximum Gasteiger partial charge on any atom is 0.289 e. The van der Waals surface area contributed by atoms with Crippen LogP contribution in [0.3, 0.4) is 0 Å². The van der Waals surface area contributed by atoms with Gasteiger partial charge in [-0.1, -0.05) is 12.1 Å². The molecule has 1 aromatic rings. The van der Waals surface area contributed by atoms with Gasteiger partial charge in [0.1, 0.15) is 0 Å². The van der Waals surface area contributed by atoms with Crippen molar-refractivity contribution in [3.05, 3.63) is 34.4 Å². The van der Waals surface area contributed by atoms with Crippen LogP contribution in [0.15, 0.2) is 29.2 Å². The Labute approximate surface area is 151 Å². The third-order valence-electron chi connectivity index (χ3n) is 4.27. The summed E-state index contributed by atoms with van der Waals surface area (Å²) < 4.78 is 31.7. The van der Waals surface area contributed by atoms with Crippen LogP contribution in [0.2, 0.25) is 0 Å². The fourth-order valence-corrected chi connectivity index (χ4v) is 4.31. The molecule has 1 heterocycles. The molecule has 1 aliphatic rings. The van der Waals surface area contributed by atoms with E-state index in [1.807, 2.05) is 0 Å². The second-order valence-corrected chi connectivity index (χ2v) is 7.71. The lowest BCUT2D eigenvalue weighted by Gasteiger charge is -2.34. The summed E-state index contributed by atoms with van der Waals surface area (Å²) in [5.74, 6) is -0.162. The first-order valence-corrected chi connectivity index (χ1v) is 9.49. The van der Waals surface area contributed by atoms with Gasteiger partial charge in [-0.3, -0.25) is 14.9 Å². The fraction of sp³-hybridized carbons (Fsp3) is 0.533. The Morgan fingerprint density at radius 2 is 1.92 bits per heavy atom. The molecule has 1 atom stereocenters. The summed E-state index contributed by atoms with van der Waals surface area (Å²) in [5.41, 5.74) is 5.04. The Kier molecular flexibility index (Phi) is 6.64. The lowest BCUT2D eigenvalue weighted by molar-refractivity contribution is -0.387. The number of sulfonamides is 1. The van der Waals surface area contributed by atoms with E-state index in [1.54, 1.807) is 4.90 Å². The first-order chi connectivity index (χ1) is 12.3. The van der Waals surface area contributed by atoms with Gasteiger partial charge < -0.3 is 15.4 Å².